The van der Waals surface area contributed by atoms with Crippen LogP contribution in [0, 0.1) is 11.8 Å². The summed E-state index contributed by atoms with van der Waals surface area (Å²) in [7, 11) is 0. The average Bonchev–Trinajstić information content (AvgIpc) is 3.30. The van der Waals surface area contributed by atoms with Crippen LogP contribution in [0.4, 0.5) is 9.59 Å². The van der Waals surface area contributed by atoms with Crippen LogP contribution in [0.1, 0.15) is 67.2 Å². The summed E-state index contributed by atoms with van der Waals surface area (Å²) >= 11 is 0. The second kappa shape index (κ2) is 8.19. The molecule has 0 spiro atoms. The molecule has 2 saturated carbocycles. The smallest absolute Gasteiger partial charge is 0.410 e. The van der Waals surface area contributed by atoms with Crippen LogP contribution in [0.15, 0.2) is 0 Å². The maximum absolute atomic E-state index is 11.8. The highest BCUT2D eigenvalue weighted by Gasteiger charge is 2.48. The zero-order valence-corrected chi connectivity index (χ0v) is 19.1. The molecule has 8 nitrogen and oxygen atoms in total. The predicted molar refractivity (Wildman–Crippen MR) is 111 cm³/mol. The van der Waals surface area contributed by atoms with E-state index in [1.165, 1.54) is 0 Å². The van der Waals surface area contributed by atoms with Crippen molar-refractivity contribution >= 4 is 12.2 Å². The van der Waals surface area contributed by atoms with Gasteiger partial charge in [0, 0.05) is 13.1 Å². The number of piperidine rings is 2. The molecule has 4 fully saturated rings. The number of fused-ring (bicyclic) bond motifs is 4. The molecular formula is C22H38N2O6. The Labute approximate surface area is 179 Å². The zero-order chi connectivity index (χ0) is 22.4. The fourth-order valence-corrected chi connectivity index (χ4v) is 5.04. The van der Waals surface area contributed by atoms with Crippen LogP contribution in [0.5, 0.6) is 0 Å². The van der Waals surface area contributed by atoms with Crippen molar-refractivity contribution in [1.29, 1.82) is 0 Å². The highest BCUT2D eigenvalue weighted by atomic mass is 16.6. The Balaban J connectivity index is 0.000000171. The number of hydrogen-bond acceptors (Lipinski definition) is 6. The first kappa shape index (κ1) is 23.1. The van der Waals surface area contributed by atoms with E-state index >= 15 is 0 Å². The summed E-state index contributed by atoms with van der Waals surface area (Å²) in [4.78, 5) is 26.9. The van der Waals surface area contributed by atoms with E-state index in [0.29, 0.717) is 11.8 Å². The van der Waals surface area contributed by atoms with Crippen LogP contribution in [0.3, 0.4) is 0 Å². The Morgan fingerprint density at radius 3 is 1.27 bits per heavy atom. The Kier molecular flexibility index (Phi) is 6.31. The topological polar surface area (TPSA) is 99.5 Å². The third kappa shape index (κ3) is 5.38. The molecule has 4 aliphatic rings. The number of carbonyl (C=O) groups is 2. The van der Waals surface area contributed by atoms with Crippen LogP contribution >= 0.6 is 0 Å². The molecule has 6 unspecified atom stereocenters. The van der Waals surface area contributed by atoms with Gasteiger partial charge < -0.3 is 29.5 Å². The molecule has 0 aromatic heterocycles. The number of ether oxygens (including phenoxy) is 2. The monoisotopic (exact) mass is 426 g/mol. The van der Waals surface area contributed by atoms with Gasteiger partial charge >= 0.3 is 12.2 Å². The standard InChI is InChI=1S/2C11H19NO3/c2*1-11(2,3)15-10(14)12-6-7-4-8(12)9(13)5-7/h2*7-9,13H,4-6H2,1-3H3. The molecule has 8 heteroatoms. The Morgan fingerprint density at radius 1 is 0.700 bits per heavy atom. The predicted octanol–water partition coefficient (Wildman–Crippen LogP) is 2.75. The second-order valence-electron chi connectivity index (χ2n) is 11.2. The number of nitrogens with zero attached hydrogens (tertiary/aromatic N) is 2. The molecule has 0 radical (unpaired) electrons. The van der Waals surface area contributed by atoms with Gasteiger partial charge in [-0.2, -0.15) is 0 Å². The van der Waals surface area contributed by atoms with Crippen molar-refractivity contribution in [2.45, 2.75) is 103 Å². The largest absolute Gasteiger partial charge is 0.444 e. The molecule has 0 aromatic carbocycles. The fourth-order valence-electron chi connectivity index (χ4n) is 5.04. The Bertz CT molecular complexity index is 599. The van der Waals surface area contributed by atoms with Gasteiger partial charge in [0.15, 0.2) is 0 Å². The first-order valence-corrected chi connectivity index (χ1v) is 11.1. The average molecular weight is 427 g/mol. The molecule has 30 heavy (non-hydrogen) atoms. The van der Waals surface area contributed by atoms with Crippen LogP contribution < -0.4 is 0 Å². The van der Waals surface area contributed by atoms with Gasteiger partial charge in [-0.1, -0.05) is 0 Å². The second-order valence-corrected chi connectivity index (χ2v) is 11.2. The summed E-state index contributed by atoms with van der Waals surface area (Å²) in [5, 5.41) is 19.4. The highest BCUT2D eigenvalue weighted by Crippen LogP contribution is 2.39. The van der Waals surface area contributed by atoms with Crippen molar-refractivity contribution in [3.05, 3.63) is 0 Å². The van der Waals surface area contributed by atoms with Crippen LogP contribution in [-0.2, 0) is 9.47 Å². The van der Waals surface area contributed by atoms with Gasteiger partial charge in [0.1, 0.15) is 11.2 Å². The molecule has 2 amide bonds. The van der Waals surface area contributed by atoms with Gasteiger partial charge in [-0.3, -0.25) is 0 Å². The lowest BCUT2D eigenvalue weighted by molar-refractivity contribution is -0.00222. The van der Waals surface area contributed by atoms with E-state index in [9.17, 15) is 19.8 Å². The van der Waals surface area contributed by atoms with Crippen molar-refractivity contribution in [2.75, 3.05) is 13.1 Å². The van der Waals surface area contributed by atoms with Gasteiger partial charge in [-0.15, -0.1) is 0 Å². The summed E-state index contributed by atoms with van der Waals surface area (Å²) in [5.41, 5.74) is -0.909. The quantitative estimate of drug-likeness (QED) is 0.618. The minimum atomic E-state index is -0.454. The van der Waals surface area contributed by atoms with E-state index in [4.69, 9.17) is 9.47 Å². The van der Waals surface area contributed by atoms with E-state index in [2.05, 4.69) is 0 Å². The van der Waals surface area contributed by atoms with Gasteiger partial charge in [-0.25, -0.2) is 9.59 Å². The third-order valence-electron chi connectivity index (χ3n) is 6.15. The molecule has 2 heterocycles. The lowest BCUT2D eigenvalue weighted by Gasteiger charge is -2.32. The number of amides is 2. The summed E-state index contributed by atoms with van der Waals surface area (Å²) in [6.07, 6.45) is 2.27. The van der Waals surface area contributed by atoms with E-state index in [-0.39, 0.29) is 36.5 Å². The number of rotatable bonds is 0. The molecule has 2 saturated heterocycles. The molecule has 172 valence electrons. The van der Waals surface area contributed by atoms with Crippen LogP contribution in [0.25, 0.3) is 0 Å². The number of aliphatic hydroxyl groups is 2. The summed E-state index contributed by atoms with van der Waals surface area (Å²) in [5.74, 6) is 0.940. The first-order chi connectivity index (χ1) is 13.7. The minimum absolute atomic E-state index is 0.00940. The van der Waals surface area contributed by atoms with Gasteiger partial charge in [0.2, 0.25) is 0 Å². The van der Waals surface area contributed by atoms with Crippen molar-refractivity contribution in [3.63, 3.8) is 0 Å². The Hall–Kier alpha value is -1.54. The molecule has 2 N–H and O–H groups in total. The van der Waals surface area contributed by atoms with Crippen molar-refractivity contribution < 1.29 is 29.3 Å². The molecule has 2 aliphatic carbocycles. The molecule has 2 aliphatic heterocycles. The molecule has 6 atom stereocenters. The highest BCUT2D eigenvalue weighted by molar-refractivity contribution is 5.70. The first-order valence-electron chi connectivity index (χ1n) is 11.1. The van der Waals surface area contributed by atoms with Crippen LogP contribution in [0.2, 0.25) is 0 Å². The number of carbonyl (C=O) groups excluding carboxylic acids is 2. The molecule has 4 bridgehead atoms. The van der Waals surface area contributed by atoms with E-state index in [0.717, 1.165) is 38.8 Å². The summed E-state index contributed by atoms with van der Waals surface area (Å²) < 4.78 is 10.6. The maximum Gasteiger partial charge on any atom is 0.410 e. The van der Waals surface area contributed by atoms with Gasteiger partial charge in [0.25, 0.3) is 0 Å². The normalized spacial score (nSPS) is 34.7. The summed E-state index contributed by atoms with van der Waals surface area (Å²) in [6.45, 7) is 12.6. The minimum Gasteiger partial charge on any atom is -0.444 e. The lowest BCUT2D eigenvalue weighted by atomic mass is 10.1. The molecule has 0 aromatic rings. The molecule has 4 rings (SSSR count). The summed E-state index contributed by atoms with van der Waals surface area (Å²) in [6, 6.07) is -0.0188. The number of likely N-dealkylation sites (tertiary alicyclic amines) is 2. The zero-order valence-electron chi connectivity index (χ0n) is 19.1. The van der Waals surface area contributed by atoms with E-state index in [1.807, 2.05) is 41.5 Å². The number of aliphatic hydroxyl groups excluding tert-OH is 2. The Morgan fingerprint density at radius 2 is 1.03 bits per heavy atom. The lowest BCUT2D eigenvalue weighted by Crippen LogP contribution is -2.46. The van der Waals surface area contributed by atoms with E-state index < -0.39 is 11.2 Å². The fraction of sp³-hybridized carbons (Fsp3) is 0.909. The third-order valence-corrected chi connectivity index (χ3v) is 6.15. The van der Waals surface area contributed by atoms with Gasteiger partial charge in [0.05, 0.1) is 24.3 Å². The maximum atomic E-state index is 11.8. The van der Waals surface area contributed by atoms with E-state index in [1.54, 1.807) is 9.80 Å². The van der Waals surface area contributed by atoms with Crippen molar-refractivity contribution in [1.82, 2.24) is 9.80 Å². The van der Waals surface area contributed by atoms with Gasteiger partial charge in [-0.05, 0) is 79.1 Å². The molecular weight excluding hydrogens is 388 g/mol. The van der Waals surface area contributed by atoms with Crippen molar-refractivity contribution in [2.24, 2.45) is 11.8 Å². The number of hydrogen-bond donors (Lipinski definition) is 2. The van der Waals surface area contributed by atoms with Crippen LogP contribution in [-0.4, -0.2) is 80.8 Å². The SMILES string of the molecule is CC(C)(C)OC(=O)N1CC2CC(O)C1C2.CC(C)(C)OC(=O)N1CC2CC(O)C1C2. The van der Waals surface area contributed by atoms with Crippen molar-refractivity contribution in [3.8, 4) is 0 Å².